The van der Waals surface area contributed by atoms with Gasteiger partial charge >= 0.3 is 0 Å². The second kappa shape index (κ2) is 5.63. The number of rotatable bonds is 6. The van der Waals surface area contributed by atoms with Gasteiger partial charge in [-0.05, 0) is 32.6 Å². The van der Waals surface area contributed by atoms with Crippen LogP contribution in [-0.2, 0) is 14.3 Å². The number of carbonyl (C=O) groups excluding carboxylic acids is 2. The van der Waals surface area contributed by atoms with Crippen molar-refractivity contribution in [2.24, 2.45) is 5.92 Å². The van der Waals surface area contributed by atoms with Crippen molar-refractivity contribution in [1.29, 1.82) is 0 Å². The van der Waals surface area contributed by atoms with E-state index in [-0.39, 0.29) is 30.9 Å². The fraction of sp³-hybridized carbons (Fsp3) is 0.846. The Labute approximate surface area is 116 Å². The molecule has 20 heavy (non-hydrogen) atoms. The summed E-state index contributed by atoms with van der Waals surface area (Å²) in [5.41, 5.74) is -0.855. The van der Waals surface area contributed by atoms with Crippen LogP contribution in [0.4, 0.5) is 8.78 Å². The first-order chi connectivity index (χ1) is 9.36. The van der Waals surface area contributed by atoms with Crippen LogP contribution in [-0.4, -0.2) is 54.5 Å². The Morgan fingerprint density at radius 3 is 2.65 bits per heavy atom. The summed E-state index contributed by atoms with van der Waals surface area (Å²) in [5.74, 6) is -0.170. The summed E-state index contributed by atoms with van der Waals surface area (Å²) in [6.07, 6.45) is -0.677. The lowest BCUT2D eigenvalue weighted by Crippen LogP contribution is -2.69. The first kappa shape index (κ1) is 15.2. The second-order valence-corrected chi connectivity index (χ2v) is 5.61. The molecule has 114 valence electrons. The third-order valence-corrected chi connectivity index (χ3v) is 4.05. The molecule has 0 aromatic heterocycles. The molecule has 1 aliphatic heterocycles. The number of nitrogens with one attached hydrogen (secondary N) is 1. The lowest BCUT2D eigenvalue weighted by molar-refractivity contribution is -0.155. The zero-order valence-corrected chi connectivity index (χ0v) is 11.7. The van der Waals surface area contributed by atoms with Crippen LogP contribution in [0.15, 0.2) is 0 Å². The van der Waals surface area contributed by atoms with E-state index in [2.05, 4.69) is 5.32 Å². The normalized spacial score (nSPS) is 30.9. The molecule has 2 aliphatic rings. The van der Waals surface area contributed by atoms with Gasteiger partial charge in [-0.1, -0.05) is 0 Å². The van der Waals surface area contributed by atoms with Gasteiger partial charge in [-0.15, -0.1) is 0 Å². The molecule has 1 saturated heterocycles. The first-order valence-corrected chi connectivity index (χ1v) is 6.85. The van der Waals surface area contributed by atoms with E-state index in [1.54, 1.807) is 13.8 Å². The summed E-state index contributed by atoms with van der Waals surface area (Å²) >= 11 is 0. The number of halogens is 2. The van der Waals surface area contributed by atoms with Gasteiger partial charge in [0, 0.05) is 6.54 Å². The van der Waals surface area contributed by atoms with Gasteiger partial charge in [-0.2, -0.15) is 0 Å². The number of hydrogen-bond acceptors (Lipinski definition) is 3. The van der Waals surface area contributed by atoms with Gasteiger partial charge in [0.05, 0.1) is 6.61 Å². The highest BCUT2D eigenvalue weighted by Crippen LogP contribution is 2.42. The molecule has 0 bridgehead atoms. The van der Waals surface area contributed by atoms with Gasteiger partial charge in [0.25, 0.3) is 6.43 Å². The van der Waals surface area contributed by atoms with Crippen LogP contribution in [0, 0.1) is 5.92 Å². The summed E-state index contributed by atoms with van der Waals surface area (Å²) in [4.78, 5) is 25.9. The molecule has 7 heteroatoms. The van der Waals surface area contributed by atoms with Crippen LogP contribution in [0.3, 0.4) is 0 Å². The van der Waals surface area contributed by atoms with E-state index in [0.29, 0.717) is 0 Å². The predicted molar refractivity (Wildman–Crippen MR) is 67.3 cm³/mol. The Bertz CT molecular complexity index is 401. The summed E-state index contributed by atoms with van der Waals surface area (Å²) in [6.45, 7) is 2.88. The molecule has 5 nitrogen and oxygen atoms in total. The highest BCUT2D eigenvalue weighted by molar-refractivity contribution is 5.99. The smallest absolute Gasteiger partial charge is 0.261 e. The minimum Gasteiger partial charge on any atom is -0.374 e. The molecule has 0 aromatic carbocycles. The van der Waals surface area contributed by atoms with E-state index < -0.39 is 24.6 Å². The number of piperazine rings is 1. The Kier molecular flexibility index (Phi) is 4.27. The van der Waals surface area contributed by atoms with Crippen LogP contribution in [0.2, 0.25) is 0 Å². The molecular weight excluding hydrogens is 270 g/mol. The third kappa shape index (κ3) is 2.92. The summed E-state index contributed by atoms with van der Waals surface area (Å²) in [7, 11) is 0. The van der Waals surface area contributed by atoms with Crippen molar-refractivity contribution in [2.75, 3.05) is 19.8 Å². The number of ether oxygens (including phenoxy) is 1. The highest BCUT2D eigenvalue weighted by atomic mass is 19.3. The van der Waals surface area contributed by atoms with E-state index in [4.69, 9.17) is 4.74 Å². The average molecular weight is 290 g/mol. The number of nitrogens with zero attached hydrogens (tertiary/aromatic N) is 1. The molecule has 1 heterocycles. The van der Waals surface area contributed by atoms with Crippen LogP contribution in [0.5, 0.6) is 0 Å². The third-order valence-electron chi connectivity index (χ3n) is 4.05. The minimum absolute atomic E-state index is 0.00838. The van der Waals surface area contributed by atoms with Gasteiger partial charge in [0.1, 0.15) is 18.2 Å². The molecule has 1 N–H and O–H groups in total. The van der Waals surface area contributed by atoms with Crippen LogP contribution >= 0.6 is 0 Å². The fourth-order valence-electron chi connectivity index (χ4n) is 2.60. The van der Waals surface area contributed by atoms with Crippen LogP contribution < -0.4 is 5.32 Å². The van der Waals surface area contributed by atoms with Crippen molar-refractivity contribution < 1.29 is 23.1 Å². The van der Waals surface area contributed by atoms with E-state index in [1.165, 1.54) is 4.90 Å². The minimum atomic E-state index is -2.52. The van der Waals surface area contributed by atoms with Crippen molar-refractivity contribution in [1.82, 2.24) is 10.2 Å². The summed E-state index contributed by atoms with van der Waals surface area (Å²) in [5, 5.41) is 2.80. The maximum Gasteiger partial charge on any atom is 0.261 e. The number of carbonyl (C=O) groups is 2. The maximum atomic E-state index is 12.5. The van der Waals surface area contributed by atoms with Gasteiger partial charge in [0.15, 0.2) is 0 Å². The van der Waals surface area contributed by atoms with Gasteiger partial charge < -0.3 is 15.0 Å². The van der Waals surface area contributed by atoms with Crippen molar-refractivity contribution in [2.45, 2.75) is 44.7 Å². The second-order valence-electron chi connectivity index (χ2n) is 5.61. The van der Waals surface area contributed by atoms with E-state index in [9.17, 15) is 18.4 Å². The first-order valence-electron chi connectivity index (χ1n) is 6.85. The van der Waals surface area contributed by atoms with E-state index in [1.807, 2.05) is 0 Å². The quantitative estimate of drug-likeness (QED) is 0.736. The molecule has 2 rings (SSSR count). The SMILES string of the molecule is CC1C(=O)NC(C)(C2CC2)C(=O)N1CCOCC(F)F. The molecule has 1 saturated carbocycles. The van der Waals surface area contributed by atoms with E-state index >= 15 is 0 Å². The summed E-state index contributed by atoms with van der Waals surface area (Å²) < 4.78 is 28.8. The van der Waals surface area contributed by atoms with Crippen LogP contribution in [0.1, 0.15) is 26.7 Å². The Morgan fingerprint density at radius 1 is 1.45 bits per heavy atom. The van der Waals surface area contributed by atoms with Crippen LogP contribution in [0.25, 0.3) is 0 Å². The number of hydrogen-bond donors (Lipinski definition) is 1. The van der Waals surface area contributed by atoms with Crippen molar-refractivity contribution in [3.8, 4) is 0 Å². The number of alkyl halides is 2. The van der Waals surface area contributed by atoms with Gasteiger partial charge in [-0.3, -0.25) is 9.59 Å². The van der Waals surface area contributed by atoms with Gasteiger partial charge in [0.2, 0.25) is 11.8 Å². The Morgan fingerprint density at radius 2 is 2.10 bits per heavy atom. The topological polar surface area (TPSA) is 58.6 Å². The largest absolute Gasteiger partial charge is 0.374 e. The van der Waals surface area contributed by atoms with Crippen molar-refractivity contribution >= 4 is 11.8 Å². The molecule has 0 spiro atoms. The molecule has 0 aromatic rings. The lowest BCUT2D eigenvalue weighted by Gasteiger charge is -2.43. The van der Waals surface area contributed by atoms with E-state index in [0.717, 1.165) is 12.8 Å². The molecule has 2 fully saturated rings. The van der Waals surface area contributed by atoms with Gasteiger partial charge in [-0.25, -0.2) is 8.78 Å². The van der Waals surface area contributed by atoms with Crippen molar-refractivity contribution in [3.05, 3.63) is 0 Å². The molecule has 2 amide bonds. The maximum absolute atomic E-state index is 12.5. The lowest BCUT2D eigenvalue weighted by atomic mass is 9.90. The Hall–Kier alpha value is -1.24. The molecule has 2 unspecified atom stereocenters. The zero-order valence-electron chi connectivity index (χ0n) is 11.7. The standard InChI is InChI=1S/C13H20F2N2O3/c1-8-11(18)16-13(2,9-3-4-9)12(19)17(8)5-6-20-7-10(14)15/h8-10H,3-7H2,1-2H3,(H,16,18). The predicted octanol–water partition coefficient (Wildman–Crippen LogP) is 0.784. The van der Waals surface area contributed by atoms with Crippen molar-refractivity contribution in [3.63, 3.8) is 0 Å². The molecule has 2 atom stereocenters. The number of amides is 2. The molecule has 0 radical (unpaired) electrons. The average Bonchev–Trinajstić information content (AvgIpc) is 3.20. The monoisotopic (exact) mass is 290 g/mol. The molecular formula is C13H20F2N2O3. The zero-order chi connectivity index (χ0) is 14.9. The Balaban J connectivity index is 1.97. The molecule has 1 aliphatic carbocycles. The fourth-order valence-corrected chi connectivity index (χ4v) is 2.60. The highest BCUT2D eigenvalue weighted by Gasteiger charge is 2.54. The summed E-state index contributed by atoms with van der Waals surface area (Å²) in [6, 6.07) is -0.593.